The number of rotatable bonds is 2. The van der Waals surface area contributed by atoms with Crippen molar-refractivity contribution in [1.29, 1.82) is 0 Å². The first-order chi connectivity index (χ1) is 8.88. The van der Waals surface area contributed by atoms with E-state index in [1.54, 1.807) is 7.11 Å². The van der Waals surface area contributed by atoms with Gasteiger partial charge in [0.25, 0.3) is 0 Å². The number of phenolic OH excluding ortho intramolecular Hbond substituents is 1. The van der Waals surface area contributed by atoms with Gasteiger partial charge in [0, 0.05) is 11.5 Å². The van der Waals surface area contributed by atoms with Gasteiger partial charge in [0.15, 0.2) is 11.5 Å². The fraction of sp³-hybridized carbons (Fsp3) is 0.625. The summed E-state index contributed by atoms with van der Waals surface area (Å²) in [6.45, 7) is 8.21. The number of methoxy groups -OCH3 is 1. The van der Waals surface area contributed by atoms with Crippen LogP contribution in [-0.4, -0.2) is 23.4 Å². The Hall–Kier alpha value is -1.22. The van der Waals surface area contributed by atoms with Gasteiger partial charge in [-0.2, -0.15) is 0 Å². The van der Waals surface area contributed by atoms with Gasteiger partial charge in [0.1, 0.15) is 0 Å². The van der Waals surface area contributed by atoms with Crippen molar-refractivity contribution >= 4 is 0 Å². The topological polar surface area (TPSA) is 49.7 Å². The molecule has 2 N–H and O–H groups in total. The average molecular weight is 264 g/mol. The summed E-state index contributed by atoms with van der Waals surface area (Å²) in [6.07, 6.45) is 0.352. The molecule has 1 aromatic carbocycles. The first-order valence-corrected chi connectivity index (χ1v) is 6.96. The Morgan fingerprint density at radius 3 is 2.53 bits per heavy atom. The van der Waals surface area contributed by atoms with Gasteiger partial charge in [0.2, 0.25) is 0 Å². The van der Waals surface area contributed by atoms with E-state index in [1.165, 1.54) is 0 Å². The number of hydrogen-bond donors (Lipinski definition) is 2. The summed E-state index contributed by atoms with van der Waals surface area (Å²) in [5, 5.41) is 20.8. The van der Waals surface area contributed by atoms with Crippen molar-refractivity contribution in [1.82, 2.24) is 0 Å². The van der Waals surface area contributed by atoms with Gasteiger partial charge in [-0.15, -0.1) is 0 Å². The molecular formula is C16H24O3. The van der Waals surface area contributed by atoms with E-state index in [1.807, 2.05) is 13.8 Å². The van der Waals surface area contributed by atoms with Crippen LogP contribution >= 0.6 is 0 Å². The highest BCUT2D eigenvalue weighted by Crippen LogP contribution is 2.49. The van der Waals surface area contributed by atoms with E-state index in [2.05, 4.69) is 19.9 Å². The third-order valence-corrected chi connectivity index (χ3v) is 4.30. The van der Waals surface area contributed by atoms with Crippen LogP contribution < -0.4 is 4.74 Å². The Bertz CT molecular complexity index is 479. The molecule has 0 aliphatic heterocycles. The molecule has 2 rings (SSSR count). The molecule has 1 aromatic rings. The van der Waals surface area contributed by atoms with Crippen molar-refractivity contribution in [2.24, 2.45) is 5.92 Å². The van der Waals surface area contributed by atoms with Gasteiger partial charge in [-0.25, -0.2) is 0 Å². The summed E-state index contributed by atoms with van der Waals surface area (Å²) >= 11 is 0. The number of ether oxygens (including phenoxy) is 1. The normalized spacial score (nSPS) is 26.4. The fourth-order valence-corrected chi connectivity index (χ4v) is 3.51. The summed E-state index contributed by atoms with van der Waals surface area (Å²) in [4.78, 5) is 0. The predicted molar refractivity (Wildman–Crippen MR) is 76.0 cm³/mol. The lowest BCUT2D eigenvalue weighted by Crippen LogP contribution is -2.30. The van der Waals surface area contributed by atoms with Gasteiger partial charge < -0.3 is 14.9 Å². The van der Waals surface area contributed by atoms with Crippen molar-refractivity contribution < 1.29 is 14.9 Å². The molecule has 1 aliphatic rings. The minimum atomic E-state index is -0.338. The van der Waals surface area contributed by atoms with E-state index in [-0.39, 0.29) is 23.7 Å². The minimum Gasteiger partial charge on any atom is -0.504 e. The molecule has 3 heteroatoms. The van der Waals surface area contributed by atoms with Crippen LogP contribution in [0.3, 0.4) is 0 Å². The maximum absolute atomic E-state index is 10.5. The standard InChI is InChI=1S/C16H24O3/c1-8(2)13-11-6-10(4)16(19-5)15(18)14(11)9(3)7-12(13)17/h6,8-9,12-13,17-18H,7H2,1-5H3/t9-,12+,13-/m0/s1. The number of benzene rings is 1. The molecule has 0 spiro atoms. The average Bonchev–Trinajstić information content (AvgIpc) is 2.27. The summed E-state index contributed by atoms with van der Waals surface area (Å²) in [5.74, 6) is 1.39. The van der Waals surface area contributed by atoms with E-state index in [4.69, 9.17) is 4.74 Å². The van der Waals surface area contributed by atoms with E-state index in [0.717, 1.165) is 16.7 Å². The predicted octanol–water partition coefficient (Wildman–Crippen LogP) is 3.32. The second-order valence-electron chi connectivity index (χ2n) is 6.05. The molecule has 0 heterocycles. The Kier molecular flexibility index (Phi) is 3.77. The first kappa shape index (κ1) is 14.2. The van der Waals surface area contributed by atoms with Gasteiger partial charge in [-0.3, -0.25) is 0 Å². The summed E-state index contributed by atoms with van der Waals surface area (Å²) < 4.78 is 5.30. The second kappa shape index (κ2) is 5.04. The molecule has 0 aromatic heterocycles. The molecule has 106 valence electrons. The molecule has 19 heavy (non-hydrogen) atoms. The molecule has 0 amide bonds. The molecule has 3 atom stereocenters. The van der Waals surface area contributed by atoms with Gasteiger partial charge in [0.05, 0.1) is 13.2 Å². The van der Waals surface area contributed by atoms with Gasteiger partial charge in [-0.1, -0.05) is 26.8 Å². The monoisotopic (exact) mass is 264 g/mol. The molecule has 0 bridgehead atoms. The fourth-order valence-electron chi connectivity index (χ4n) is 3.51. The van der Waals surface area contributed by atoms with Crippen LogP contribution in [0, 0.1) is 12.8 Å². The highest BCUT2D eigenvalue weighted by Gasteiger charge is 2.36. The maximum Gasteiger partial charge on any atom is 0.163 e. The molecule has 0 unspecified atom stereocenters. The Labute approximate surface area is 115 Å². The number of hydrogen-bond acceptors (Lipinski definition) is 3. The summed E-state index contributed by atoms with van der Waals surface area (Å²) in [5.41, 5.74) is 2.95. The second-order valence-corrected chi connectivity index (χ2v) is 6.05. The third-order valence-electron chi connectivity index (χ3n) is 4.30. The van der Waals surface area contributed by atoms with Gasteiger partial charge >= 0.3 is 0 Å². The van der Waals surface area contributed by atoms with Crippen LogP contribution in [0.1, 0.15) is 55.7 Å². The third kappa shape index (κ3) is 2.20. The first-order valence-electron chi connectivity index (χ1n) is 6.96. The summed E-state index contributed by atoms with van der Waals surface area (Å²) in [7, 11) is 1.58. The zero-order chi connectivity index (χ0) is 14.3. The smallest absolute Gasteiger partial charge is 0.163 e. The SMILES string of the molecule is COc1c(C)cc2c(c1O)[C@@H](C)C[C@@H](O)[C@H]2C(C)C. The van der Waals surface area contributed by atoms with Crippen molar-refractivity contribution in [2.75, 3.05) is 7.11 Å². The zero-order valence-electron chi connectivity index (χ0n) is 12.4. The lowest BCUT2D eigenvalue weighted by atomic mass is 9.70. The number of phenols is 1. The lowest BCUT2D eigenvalue weighted by molar-refractivity contribution is 0.0968. The molecule has 3 nitrogen and oxygen atoms in total. The molecule has 0 saturated heterocycles. The Balaban J connectivity index is 2.67. The molecule has 0 fully saturated rings. The largest absolute Gasteiger partial charge is 0.504 e. The highest BCUT2D eigenvalue weighted by molar-refractivity contribution is 5.57. The van der Waals surface area contributed by atoms with Crippen LogP contribution in [0.5, 0.6) is 11.5 Å². The Morgan fingerprint density at radius 2 is 2.00 bits per heavy atom. The number of aryl methyl sites for hydroxylation is 1. The van der Waals surface area contributed by atoms with Crippen molar-refractivity contribution in [3.05, 3.63) is 22.8 Å². The number of aromatic hydroxyl groups is 1. The van der Waals surface area contributed by atoms with Crippen molar-refractivity contribution in [2.45, 2.75) is 52.1 Å². The molecular weight excluding hydrogens is 240 g/mol. The van der Waals surface area contributed by atoms with E-state index < -0.39 is 0 Å². The maximum atomic E-state index is 10.5. The van der Waals surface area contributed by atoms with Crippen LogP contribution in [0.15, 0.2) is 6.07 Å². The minimum absolute atomic E-state index is 0.0849. The Morgan fingerprint density at radius 1 is 1.37 bits per heavy atom. The van der Waals surface area contributed by atoms with Crippen LogP contribution in [0.4, 0.5) is 0 Å². The lowest BCUT2D eigenvalue weighted by Gasteiger charge is -2.37. The van der Waals surface area contributed by atoms with E-state index >= 15 is 0 Å². The van der Waals surface area contributed by atoms with Crippen molar-refractivity contribution in [3.8, 4) is 11.5 Å². The van der Waals surface area contributed by atoms with Gasteiger partial charge in [-0.05, 0) is 36.3 Å². The number of aliphatic hydroxyl groups excluding tert-OH is 1. The summed E-state index contributed by atoms with van der Waals surface area (Å²) in [6, 6.07) is 2.07. The highest BCUT2D eigenvalue weighted by atomic mass is 16.5. The van der Waals surface area contributed by atoms with E-state index in [0.29, 0.717) is 18.1 Å². The molecule has 1 aliphatic carbocycles. The molecule has 0 radical (unpaired) electrons. The van der Waals surface area contributed by atoms with Crippen LogP contribution in [0.2, 0.25) is 0 Å². The van der Waals surface area contributed by atoms with E-state index in [9.17, 15) is 10.2 Å². The molecule has 0 saturated carbocycles. The number of fused-ring (bicyclic) bond motifs is 1. The van der Waals surface area contributed by atoms with Crippen molar-refractivity contribution in [3.63, 3.8) is 0 Å². The van der Waals surface area contributed by atoms with Crippen LogP contribution in [0.25, 0.3) is 0 Å². The quantitative estimate of drug-likeness (QED) is 0.861. The van der Waals surface area contributed by atoms with Crippen LogP contribution in [-0.2, 0) is 0 Å². The zero-order valence-corrected chi connectivity index (χ0v) is 12.4. The number of aliphatic hydroxyl groups is 1.